The third-order valence-corrected chi connectivity index (χ3v) is 4.18. The van der Waals surface area contributed by atoms with E-state index < -0.39 is 12.0 Å². The number of primary amides is 1. The summed E-state index contributed by atoms with van der Waals surface area (Å²) in [5.74, 6) is -0.369. The van der Waals surface area contributed by atoms with Gasteiger partial charge < -0.3 is 10.8 Å². The van der Waals surface area contributed by atoms with Crippen LogP contribution in [0.25, 0.3) is 33.5 Å². The number of carbonyl (C=O) groups excluding carboxylic acids is 1. The molecule has 0 fully saturated rings. The molecule has 1 atom stereocenters. The van der Waals surface area contributed by atoms with E-state index in [1.54, 1.807) is 6.07 Å². The highest BCUT2D eigenvalue weighted by atomic mass is 16.3. The molecule has 130 valence electrons. The van der Waals surface area contributed by atoms with Crippen LogP contribution < -0.4 is 5.73 Å². The predicted molar refractivity (Wildman–Crippen MR) is 93.6 cm³/mol. The molecule has 2 aromatic heterocycles. The monoisotopic (exact) mass is 349 g/mol. The lowest BCUT2D eigenvalue weighted by molar-refractivity contribution is -0.125. The highest BCUT2D eigenvalue weighted by Gasteiger charge is 2.19. The lowest BCUT2D eigenvalue weighted by Gasteiger charge is -2.12. The van der Waals surface area contributed by atoms with Gasteiger partial charge in [0.05, 0.1) is 5.52 Å². The van der Waals surface area contributed by atoms with Gasteiger partial charge in [0, 0.05) is 22.9 Å². The molecule has 26 heavy (non-hydrogen) atoms. The lowest BCUT2D eigenvalue weighted by atomic mass is 9.95. The fraction of sp³-hybridized carbons (Fsp3) is 0.118. The molecule has 0 unspecified atom stereocenters. The van der Waals surface area contributed by atoms with Gasteiger partial charge in [0.1, 0.15) is 11.8 Å². The number of aliphatic hydroxyl groups is 1. The van der Waals surface area contributed by atoms with Gasteiger partial charge in [-0.2, -0.15) is 10.3 Å². The third kappa shape index (κ3) is 2.80. The van der Waals surface area contributed by atoms with Gasteiger partial charge in [0.15, 0.2) is 0 Å². The van der Waals surface area contributed by atoms with E-state index in [1.807, 2.05) is 36.4 Å². The molecule has 9 nitrogen and oxygen atoms in total. The van der Waals surface area contributed by atoms with Crippen molar-refractivity contribution in [2.24, 2.45) is 5.73 Å². The third-order valence-electron chi connectivity index (χ3n) is 4.18. The maximum Gasteiger partial charge on any atom is 0.246 e. The first kappa shape index (κ1) is 15.9. The molecule has 0 radical (unpaired) electrons. The maximum absolute atomic E-state index is 11.3. The number of fused-ring (bicyclic) bond motifs is 1. The topological polar surface area (TPSA) is 146 Å². The Hall–Kier alpha value is -3.59. The smallest absolute Gasteiger partial charge is 0.246 e. The van der Waals surface area contributed by atoms with Crippen molar-refractivity contribution >= 4 is 16.8 Å². The van der Waals surface area contributed by atoms with Gasteiger partial charge in [-0.15, -0.1) is 10.2 Å². The van der Waals surface area contributed by atoms with E-state index >= 15 is 0 Å². The number of benzene rings is 2. The highest BCUT2D eigenvalue weighted by Crippen LogP contribution is 2.31. The number of rotatable bonds is 5. The number of nitrogens with zero attached hydrogens (tertiary/aromatic N) is 4. The number of hydrogen-bond acceptors (Lipinski definition) is 6. The molecule has 0 spiro atoms. The second-order valence-corrected chi connectivity index (χ2v) is 5.85. The van der Waals surface area contributed by atoms with Crippen LogP contribution in [0.3, 0.4) is 0 Å². The number of aromatic amines is 2. The molecule has 5 N–H and O–H groups in total. The van der Waals surface area contributed by atoms with Gasteiger partial charge in [0.2, 0.25) is 11.7 Å². The standard InChI is InChI=1S/C17H15N7O2/c18-16(26)14(25)8-10-7-9(17-21-23-24-22-17)5-6-11(10)15-12-3-1-2-4-13(12)19-20-15/h1-7,14,25H,8H2,(H2,18,26)(H,19,20)(H,21,22,23,24)/t14-/m0/s1. The van der Waals surface area contributed by atoms with E-state index in [4.69, 9.17) is 5.73 Å². The van der Waals surface area contributed by atoms with Crippen LogP contribution in [0.15, 0.2) is 42.5 Å². The molecule has 4 rings (SSSR count). The Labute approximate surface area is 147 Å². The Kier molecular flexibility index (Phi) is 3.90. The first-order chi connectivity index (χ1) is 12.6. The SMILES string of the molecule is NC(=O)[C@@H](O)Cc1cc(-c2nn[nH]n2)ccc1-c1n[nH]c2ccccc12. The van der Waals surface area contributed by atoms with E-state index in [0.717, 1.165) is 22.2 Å². The fourth-order valence-electron chi connectivity index (χ4n) is 2.89. The second kappa shape index (κ2) is 6.37. The molecule has 0 aliphatic rings. The minimum absolute atomic E-state index is 0.0531. The zero-order valence-electron chi connectivity index (χ0n) is 13.5. The molecular formula is C17H15N7O2. The fourth-order valence-corrected chi connectivity index (χ4v) is 2.89. The number of aromatic nitrogens is 6. The van der Waals surface area contributed by atoms with Crippen LogP contribution in [0.1, 0.15) is 5.56 Å². The summed E-state index contributed by atoms with van der Waals surface area (Å²) >= 11 is 0. The van der Waals surface area contributed by atoms with Crippen molar-refractivity contribution in [3.8, 4) is 22.6 Å². The molecule has 0 saturated heterocycles. The number of para-hydroxylation sites is 1. The van der Waals surface area contributed by atoms with Crippen molar-refractivity contribution < 1.29 is 9.90 Å². The summed E-state index contributed by atoms with van der Waals surface area (Å²) in [4.78, 5) is 11.3. The number of tetrazole rings is 1. The number of H-pyrrole nitrogens is 2. The molecule has 0 aliphatic carbocycles. The number of hydrogen-bond donors (Lipinski definition) is 4. The number of nitrogens with one attached hydrogen (secondary N) is 2. The summed E-state index contributed by atoms with van der Waals surface area (Å²) in [7, 11) is 0. The average molecular weight is 349 g/mol. The molecule has 0 saturated carbocycles. The summed E-state index contributed by atoms with van der Waals surface area (Å²) in [5, 5.41) is 32.2. The van der Waals surface area contributed by atoms with E-state index in [-0.39, 0.29) is 6.42 Å². The number of amides is 1. The largest absolute Gasteiger partial charge is 0.383 e. The van der Waals surface area contributed by atoms with Crippen LogP contribution in [0, 0.1) is 0 Å². The molecule has 9 heteroatoms. The molecule has 1 amide bonds. The summed E-state index contributed by atoms with van der Waals surface area (Å²) in [5.41, 5.74) is 9.04. The minimum atomic E-state index is -1.31. The average Bonchev–Trinajstić information content (AvgIpc) is 3.31. The van der Waals surface area contributed by atoms with Gasteiger partial charge in [0.25, 0.3) is 0 Å². The minimum Gasteiger partial charge on any atom is -0.383 e. The van der Waals surface area contributed by atoms with E-state index in [1.165, 1.54) is 0 Å². The second-order valence-electron chi connectivity index (χ2n) is 5.85. The lowest BCUT2D eigenvalue weighted by Crippen LogP contribution is -2.30. The van der Waals surface area contributed by atoms with Crippen molar-refractivity contribution in [2.75, 3.05) is 0 Å². The van der Waals surface area contributed by atoms with Gasteiger partial charge >= 0.3 is 0 Å². The normalized spacial score (nSPS) is 12.3. The molecule has 0 aliphatic heterocycles. The maximum atomic E-state index is 11.3. The Morgan fingerprint density at radius 3 is 2.81 bits per heavy atom. The van der Waals surface area contributed by atoms with Crippen LogP contribution in [0.4, 0.5) is 0 Å². The summed E-state index contributed by atoms with van der Waals surface area (Å²) in [6.07, 6.45) is -1.25. The van der Waals surface area contributed by atoms with Crippen molar-refractivity contribution in [3.05, 3.63) is 48.0 Å². The van der Waals surface area contributed by atoms with Crippen LogP contribution in [0.2, 0.25) is 0 Å². The first-order valence-electron chi connectivity index (χ1n) is 7.91. The quantitative estimate of drug-likeness (QED) is 0.419. The first-order valence-corrected chi connectivity index (χ1v) is 7.91. The van der Waals surface area contributed by atoms with E-state index in [9.17, 15) is 9.90 Å². The molecule has 0 bridgehead atoms. The van der Waals surface area contributed by atoms with Gasteiger partial charge in [-0.1, -0.05) is 30.3 Å². The Morgan fingerprint density at radius 1 is 1.19 bits per heavy atom. The van der Waals surface area contributed by atoms with Crippen molar-refractivity contribution in [1.82, 2.24) is 30.8 Å². The van der Waals surface area contributed by atoms with Gasteiger partial charge in [-0.05, 0) is 22.9 Å². The van der Waals surface area contributed by atoms with Crippen LogP contribution in [-0.4, -0.2) is 47.9 Å². The number of carbonyl (C=O) groups is 1. The van der Waals surface area contributed by atoms with E-state index in [0.29, 0.717) is 17.0 Å². The Balaban J connectivity index is 1.86. The predicted octanol–water partition coefficient (Wildman–Crippen LogP) is 0.799. The summed E-state index contributed by atoms with van der Waals surface area (Å²) < 4.78 is 0. The zero-order chi connectivity index (χ0) is 18.1. The molecule has 2 heterocycles. The molecular weight excluding hydrogens is 334 g/mol. The summed E-state index contributed by atoms with van der Waals surface area (Å²) in [6.45, 7) is 0. The summed E-state index contributed by atoms with van der Waals surface area (Å²) in [6, 6.07) is 13.2. The Bertz CT molecular complexity index is 1070. The highest BCUT2D eigenvalue weighted by molar-refractivity contribution is 5.94. The van der Waals surface area contributed by atoms with Crippen LogP contribution >= 0.6 is 0 Å². The molecule has 4 aromatic rings. The van der Waals surface area contributed by atoms with Gasteiger partial charge in [-0.3, -0.25) is 9.89 Å². The van der Waals surface area contributed by atoms with Crippen molar-refractivity contribution in [2.45, 2.75) is 12.5 Å². The molecule has 2 aromatic carbocycles. The van der Waals surface area contributed by atoms with E-state index in [2.05, 4.69) is 30.8 Å². The zero-order valence-corrected chi connectivity index (χ0v) is 13.5. The van der Waals surface area contributed by atoms with Crippen molar-refractivity contribution in [3.63, 3.8) is 0 Å². The number of nitrogens with two attached hydrogens (primary N) is 1. The van der Waals surface area contributed by atoms with Crippen molar-refractivity contribution in [1.29, 1.82) is 0 Å². The van der Waals surface area contributed by atoms with Gasteiger partial charge in [-0.25, -0.2) is 0 Å². The Morgan fingerprint density at radius 2 is 2.04 bits per heavy atom. The number of aliphatic hydroxyl groups excluding tert-OH is 1. The van der Waals surface area contributed by atoms with Crippen LogP contribution in [-0.2, 0) is 11.2 Å². The van der Waals surface area contributed by atoms with Crippen LogP contribution in [0.5, 0.6) is 0 Å².